The van der Waals surface area contributed by atoms with Gasteiger partial charge in [-0.3, -0.25) is 0 Å². The first-order valence-electron chi connectivity index (χ1n) is 19.5. The van der Waals surface area contributed by atoms with Crippen molar-refractivity contribution < 1.29 is 8.83 Å². The fourth-order valence-electron chi connectivity index (χ4n) is 8.27. The molecule has 7 heteroatoms. The summed E-state index contributed by atoms with van der Waals surface area (Å²) in [7, 11) is 0. The molecule has 12 rings (SSSR count). The molecule has 0 aliphatic carbocycles. The number of hydrogen-bond donors (Lipinski definition) is 0. The molecule has 8 aromatic carbocycles. The van der Waals surface area contributed by atoms with Crippen LogP contribution < -0.4 is 0 Å². The summed E-state index contributed by atoms with van der Waals surface area (Å²) in [6.07, 6.45) is 0. The molecule has 0 bridgehead atoms. The van der Waals surface area contributed by atoms with E-state index in [1.54, 1.807) is 0 Å². The summed E-state index contributed by atoms with van der Waals surface area (Å²) in [6.45, 7) is 0. The summed E-state index contributed by atoms with van der Waals surface area (Å²) in [6, 6.07) is 64.2. The number of oxazole rings is 1. The summed E-state index contributed by atoms with van der Waals surface area (Å²) in [5.41, 5.74) is 12.2. The van der Waals surface area contributed by atoms with Gasteiger partial charge in [-0.15, -0.1) is 0 Å². The first-order valence-corrected chi connectivity index (χ1v) is 19.5. The Bertz CT molecular complexity index is 3490. The fourth-order valence-corrected chi connectivity index (χ4v) is 8.27. The Kier molecular flexibility index (Phi) is 7.40. The number of para-hydroxylation sites is 3. The van der Waals surface area contributed by atoms with E-state index in [4.69, 9.17) is 28.8 Å². The van der Waals surface area contributed by atoms with Crippen molar-refractivity contribution in [2.75, 3.05) is 0 Å². The molecule has 59 heavy (non-hydrogen) atoms. The van der Waals surface area contributed by atoms with Crippen LogP contribution in [0.5, 0.6) is 0 Å². The van der Waals surface area contributed by atoms with Gasteiger partial charge in [0.15, 0.2) is 23.1 Å². The van der Waals surface area contributed by atoms with Crippen LogP contribution in [0.3, 0.4) is 0 Å². The van der Waals surface area contributed by atoms with Gasteiger partial charge in [0.2, 0.25) is 5.89 Å². The fraction of sp³-hybridized carbons (Fsp3) is 0. The third kappa shape index (κ3) is 5.51. The Morgan fingerprint density at radius 1 is 0.356 bits per heavy atom. The molecular weight excluding hydrogens is 727 g/mol. The Hall–Kier alpha value is -8.16. The van der Waals surface area contributed by atoms with Crippen LogP contribution in [0.25, 0.3) is 117 Å². The Labute approximate surface area is 337 Å². The van der Waals surface area contributed by atoms with Crippen LogP contribution in [0.15, 0.2) is 197 Å². The monoisotopic (exact) mass is 757 g/mol. The minimum absolute atomic E-state index is 0.543. The number of furan rings is 1. The maximum atomic E-state index is 6.43. The molecule has 4 aromatic heterocycles. The van der Waals surface area contributed by atoms with Gasteiger partial charge in [-0.05, 0) is 72.3 Å². The molecule has 12 aromatic rings. The molecule has 7 nitrogen and oxygen atoms in total. The minimum atomic E-state index is 0.543. The third-order valence-electron chi connectivity index (χ3n) is 11.1. The Balaban J connectivity index is 0.903. The first kappa shape index (κ1) is 33.0. The van der Waals surface area contributed by atoms with Gasteiger partial charge in [0, 0.05) is 55.0 Å². The molecule has 0 spiro atoms. The summed E-state index contributed by atoms with van der Waals surface area (Å²) >= 11 is 0. The van der Waals surface area contributed by atoms with Gasteiger partial charge in [-0.2, -0.15) is 0 Å². The second-order valence-electron chi connectivity index (χ2n) is 14.7. The van der Waals surface area contributed by atoms with Crippen molar-refractivity contribution in [2.45, 2.75) is 0 Å². The van der Waals surface area contributed by atoms with Crippen LogP contribution in [0.4, 0.5) is 0 Å². The highest BCUT2D eigenvalue weighted by molar-refractivity contribution is 6.13. The highest BCUT2D eigenvalue weighted by Crippen LogP contribution is 2.40. The molecule has 0 aliphatic rings. The van der Waals surface area contributed by atoms with Gasteiger partial charge in [-0.1, -0.05) is 121 Å². The zero-order valence-electron chi connectivity index (χ0n) is 31.5. The number of rotatable bonds is 6. The van der Waals surface area contributed by atoms with Gasteiger partial charge < -0.3 is 13.4 Å². The largest absolute Gasteiger partial charge is 0.455 e. The number of nitrogens with zero attached hydrogens (tertiary/aromatic N) is 5. The van der Waals surface area contributed by atoms with Crippen molar-refractivity contribution in [3.05, 3.63) is 188 Å². The SMILES string of the molecule is c1ccc(-c2nc(-c3ccccc3)nc(-c3ccc4nc(-c5ccc(-n6c7ccccc7c7cc(-c8cccc9c8oc8ccccc89)ccc76)cc5)oc4c3)n2)cc1. The molecule has 0 radical (unpaired) electrons. The van der Waals surface area contributed by atoms with Crippen molar-refractivity contribution in [3.63, 3.8) is 0 Å². The number of hydrogen-bond acceptors (Lipinski definition) is 6. The second kappa shape index (κ2) is 13.2. The normalized spacial score (nSPS) is 11.7. The molecule has 0 N–H and O–H groups in total. The van der Waals surface area contributed by atoms with Crippen molar-refractivity contribution in [1.29, 1.82) is 0 Å². The summed E-state index contributed by atoms with van der Waals surface area (Å²) in [5.74, 6) is 2.32. The van der Waals surface area contributed by atoms with Crippen LogP contribution in [0.2, 0.25) is 0 Å². The molecular formula is C52H31N5O2. The topological polar surface area (TPSA) is 82.8 Å². The van der Waals surface area contributed by atoms with Crippen molar-refractivity contribution in [2.24, 2.45) is 0 Å². The van der Waals surface area contributed by atoms with Gasteiger partial charge in [0.25, 0.3) is 0 Å². The molecule has 0 saturated heterocycles. The predicted molar refractivity (Wildman–Crippen MR) is 236 cm³/mol. The van der Waals surface area contributed by atoms with Crippen LogP contribution in [-0.4, -0.2) is 24.5 Å². The van der Waals surface area contributed by atoms with Crippen LogP contribution in [-0.2, 0) is 0 Å². The lowest BCUT2D eigenvalue weighted by Gasteiger charge is -2.09. The molecule has 4 heterocycles. The lowest BCUT2D eigenvalue weighted by molar-refractivity contribution is 0.620. The molecule has 0 saturated carbocycles. The van der Waals surface area contributed by atoms with Gasteiger partial charge >= 0.3 is 0 Å². The number of fused-ring (bicyclic) bond motifs is 7. The molecule has 0 unspecified atom stereocenters. The zero-order chi connectivity index (χ0) is 38.9. The minimum Gasteiger partial charge on any atom is -0.455 e. The molecule has 276 valence electrons. The van der Waals surface area contributed by atoms with Gasteiger partial charge in [-0.25, -0.2) is 19.9 Å². The quantitative estimate of drug-likeness (QED) is 0.168. The maximum absolute atomic E-state index is 6.43. The van der Waals surface area contributed by atoms with E-state index >= 15 is 0 Å². The summed E-state index contributed by atoms with van der Waals surface area (Å²) < 4.78 is 15.2. The Morgan fingerprint density at radius 3 is 1.73 bits per heavy atom. The van der Waals surface area contributed by atoms with E-state index in [0.29, 0.717) is 28.9 Å². The van der Waals surface area contributed by atoms with E-state index in [2.05, 4.69) is 102 Å². The van der Waals surface area contributed by atoms with Crippen molar-refractivity contribution in [3.8, 4) is 62.4 Å². The third-order valence-corrected chi connectivity index (χ3v) is 11.1. The van der Waals surface area contributed by atoms with Gasteiger partial charge in [0.1, 0.15) is 16.7 Å². The molecule has 0 aliphatic heterocycles. The maximum Gasteiger partial charge on any atom is 0.227 e. The Morgan fingerprint density at radius 2 is 0.966 bits per heavy atom. The number of aromatic nitrogens is 5. The predicted octanol–water partition coefficient (Wildman–Crippen LogP) is 13.3. The molecule has 0 fully saturated rings. The van der Waals surface area contributed by atoms with Crippen LogP contribution >= 0.6 is 0 Å². The first-order chi connectivity index (χ1) is 29.2. The second-order valence-corrected chi connectivity index (χ2v) is 14.7. The average molecular weight is 758 g/mol. The van der Waals surface area contributed by atoms with E-state index in [-0.39, 0.29) is 0 Å². The summed E-state index contributed by atoms with van der Waals surface area (Å²) in [5, 5.41) is 4.61. The zero-order valence-corrected chi connectivity index (χ0v) is 31.5. The van der Waals surface area contributed by atoms with Crippen LogP contribution in [0, 0.1) is 0 Å². The van der Waals surface area contributed by atoms with E-state index in [0.717, 1.165) is 77.6 Å². The van der Waals surface area contributed by atoms with E-state index in [1.807, 2.05) is 91.0 Å². The van der Waals surface area contributed by atoms with E-state index < -0.39 is 0 Å². The van der Waals surface area contributed by atoms with E-state index in [1.165, 1.54) is 10.8 Å². The van der Waals surface area contributed by atoms with Crippen molar-refractivity contribution in [1.82, 2.24) is 24.5 Å². The lowest BCUT2D eigenvalue weighted by atomic mass is 10.0. The number of benzene rings is 8. The smallest absolute Gasteiger partial charge is 0.227 e. The van der Waals surface area contributed by atoms with Crippen LogP contribution in [0.1, 0.15) is 0 Å². The molecule has 0 amide bonds. The molecule has 0 atom stereocenters. The van der Waals surface area contributed by atoms with Crippen molar-refractivity contribution >= 4 is 54.8 Å². The lowest BCUT2D eigenvalue weighted by Crippen LogP contribution is -2.00. The average Bonchev–Trinajstić information content (AvgIpc) is 4.01. The standard InChI is InChI=1S/C52H31N5O2/c1-3-12-32(13-4-1)49-54-50(33-14-5-2-6-15-33)56-51(55-49)36-24-28-43-47(31-36)59-52(53-43)34-22-26-37(27-23-34)57-44-20-9-7-16-39(44)42-30-35(25-29-45(42)57)38-18-11-19-41-40-17-8-10-21-46(40)58-48(38)41/h1-31H. The van der Waals surface area contributed by atoms with E-state index in [9.17, 15) is 0 Å². The summed E-state index contributed by atoms with van der Waals surface area (Å²) in [4.78, 5) is 19.5. The highest BCUT2D eigenvalue weighted by atomic mass is 16.3. The highest BCUT2D eigenvalue weighted by Gasteiger charge is 2.18. The van der Waals surface area contributed by atoms with Gasteiger partial charge in [0.05, 0.1) is 11.0 Å².